The SMILES string of the molecule is Nc1c(Br)cc(NC(=O)O)cc1Br. The fourth-order valence-corrected chi connectivity index (χ4v) is 1.97. The number of carbonyl (C=O) groups is 1. The molecule has 0 unspecified atom stereocenters. The van der Waals surface area contributed by atoms with Gasteiger partial charge in [-0.05, 0) is 44.0 Å². The lowest BCUT2D eigenvalue weighted by atomic mass is 10.3. The van der Waals surface area contributed by atoms with E-state index in [9.17, 15) is 4.79 Å². The van der Waals surface area contributed by atoms with E-state index in [2.05, 4.69) is 37.2 Å². The van der Waals surface area contributed by atoms with Crippen molar-refractivity contribution >= 4 is 49.3 Å². The first kappa shape index (κ1) is 10.3. The van der Waals surface area contributed by atoms with Gasteiger partial charge in [-0.25, -0.2) is 4.79 Å². The predicted molar refractivity (Wildman–Crippen MR) is 57.9 cm³/mol. The molecule has 0 saturated heterocycles. The van der Waals surface area contributed by atoms with Gasteiger partial charge in [0.1, 0.15) is 0 Å². The molecule has 0 bridgehead atoms. The molecule has 6 heteroatoms. The first-order valence-corrected chi connectivity index (χ1v) is 4.84. The number of amides is 1. The van der Waals surface area contributed by atoms with Crippen molar-refractivity contribution in [2.45, 2.75) is 0 Å². The van der Waals surface area contributed by atoms with Gasteiger partial charge in [-0.15, -0.1) is 0 Å². The molecule has 4 N–H and O–H groups in total. The lowest BCUT2D eigenvalue weighted by Crippen LogP contribution is -2.07. The molecule has 0 radical (unpaired) electrons. The number of nitrogens with one attached hydrogen (secondary N) is 1. The summed E-state index contributed by atoms with van der Waals surface area (Å²) in [6.45, 7) is 0. The molecule has 0 spiro atoms. The van der Waals surface area contributed by atoms with Crippen molar-refractivity contribution in [1.82, 2.24) is 0 Å². The van der Waals surface area contributed by atoms with Gasteiger partial charge in [0.05, 0.1) is 5.69 Å². The second kappa shape index (κ2) is 3.97. The fourth-order valence-electron chi connectivity index (χ4n) is 0.780. The van der Waals surface area contributed by atoms with Crippen molar-refractivity contribution in [3.05, 3.63) is 21.1 Å². The molecule has 1 rings (SSSR count). The standard InChI is InChI=1S/C7H6Br2N2O2/c8-4-1-3(11-7(12)13)2-5(9)6(4)10/h1-2,11H,10H2,(H,12,13). The van der Waals surface area contributed by atoms with Crippen molar-refractivity contribution in [2.24, 2.45) is 0 Å². The molecule has 0 aliphatic heterocycles. The first-order chi connectivity index (χ1) is 6.00. The molecule has 0 saturated carbocycles. The highest BCUT2D eigenvalue weighted by molar-refractivity contribution is 9.11. The van der Waals surface area contributed by atoms with Crippen LogP contribution in [-0.2, 0) is 0 Å². The van der Waals surface area contributed by atoms with E-state index in [0.29, 0.717) is 20.3 Å². The molecule has 1 aromatic rings. The van der Waals surface area contributed by atoms with Crippen LogP contribution in [0.5, 0.6) is 0 Å². The summed E-state index contributed by atoms with van der Waals surface area (Å²) in [6, 6.07) is 3.18. The van der Waals surface area contributed by atoms with Gasteiger partial charge in [0, 0.05) is 14.6 Å². The van der Waals surface area contributed by atoms with Crippen LogP contribution in [0.4, 0.5) is 16.2 Å². The Hall–Kier alpha value is -0.750. The molecule has 0 aliphatic rings. The van der Waals surface area contributed by atoms with Crippen LogP contribution in [0, 0.1) is 0 Å². The highest BCUT2D eigenvalue weighted by Gasteiger charge is 2.05. The van der Waals surface area contributed by atoms with Crippen LogP contribution in [-0.4, -0.2) is 11.2 Å². The topological polar surface area (TPSA) is 75.3 Å². The maximum absolute atomic E-state index is 10.3. The van der Waals surface area contributed by atoms with Crippen LogP contribution >= 0.6 is 31.9 Å². The summed E-state index contributed by atoms with van der Waals surface area (Å²) >= 11 is 6.40. The summed E-state index contributed by atoms with van der Waals surface area (Å²) in [7, 11) is 0. The predicted octanol–water partition coefficient (Wildman–Crippen LogP) is 2.88. The zero-order valence-corrected chi connectivity index (χ0v) is 9.52. The van der Waals surface area contributed by atoms with Crippen molar-refractivity contribution < 1.29 is 9.90 Å². The van der Waals surface area contributed by atoms with Crippen molar-refractivity contribution in [3.63, 3.8) is 0 Å². The zero-order chi connectivity index (χ0) is 10.0. The van der Waals surface area contributed by atoms with Crippen LogP contribution in [0.25, 0.3) is 0 Å². The molecular weight excluding hydrogens is 304 g/mol. The zero-order valence-electron chi connectivity index (χ0n) is 6.34. The van der Waals surface area contributed by atoms with Crippen LogP contribution in [0.2, 0.25) is 0 Å². The average molecular weight is 310 g/mol. The maximum atomic E-state index is 10.3. The normalized spacial score (nSPS) is 9.69. The number of nitrogens with two attached hydrogens (primary N) is 1. The minimum Gasteiger partial charge on any atom is -0.465 e. The minimum atomic E-state index is -1.11. The largest absolute Gasteiger partial charge is 0.465 e. The summed E-state index contributed by atoms with van der Waals surface area (Å²) in [6.07, 6.45) is -1.11. The number of anilines is 2. The van der Waals surface area contributed by atoms with Crippen LogP contribution in [0.15, 0.2) is 21.1 Å². The van der Waals surface area contributed by atoms with Crippen molar-refractivity contribution in [1.29, 1.82) is 0 Å². The van der Waals surface area contributed by atoms with Gasteiger partial charge in [-0.1, -0.05) is 0 Å². The molecule has 1 aromatic carbocycles. The second-order valence-electron chi connectivity index (χ2n) is 2.28. The van der Waals surface area contributed by atoms with Crippen LogP contribution in [0.1, 0.15) is 0 Å². The number of hydrogen-bond donors (Lipinski definition) is 3. The highest BCUT2D eigenvalue weighted by atomic mass is 79.9. The van der Waals surface area contributed by atoms with Crippen LogP contribution in [0.3, 0.4) is 0 Å². The molecule has 4 nitrogen and oxygen atoms in total. The van der Waals surface area contributed by atoms with E-state index < -0.39 is 6.09 Å². The van der Waals surface area contributed by atoms with E-state index in [1.807, 2.05) is 0 Å². The van der Waals surface area contributed by atoms with Crippen molar-refractivity contribution in [3.8, 4) is 0 Å². The fraction of sp³-hybridized carbons (Fsp3) is 0. The van der Waals surface area contributed by atoms with E-state index in [4.69, 9.17) is 10.8 Å². The number of benzene rings is 1. The van der Waals surface area contributed by atoms with Crippen molar-refractivity contribution in [2.75, 3.05) is 11.1 Å². The lowest BCUT2D eigenvalue weighted by molar-refractivity contribution is 0.210. The number of halogens is 2. The van der Waals surface area contributed by atoms with E-state index >= 15 is 0 Å². The number of rotatable bonds is 1. The third-order valence-corrected chi connectivity index (χ3v) is 2.64. The summed E-state index contributed by atoms with van der Waals surface area (Å²) < 4.78 is 1.29. The molecule has 70 valence electrons. The average Bonchev–Trinajstić information content (AvgIpc) is 1.98. The second-order valence-corrected chi connectivity index (χ2v) is 3.99. The van der Waals surface area contributed by atoms with Crippen LogP contribution < -0.4 is 11.1 Å². The number of hydrogen-bond acceptors (Lipinski definition) is 2. The molecule has 0 fully saturated rings. The Bertz CT molecular complexity index is 331. The Kier molecular flexibility index (Phi) is 3.16. The maximum Gasteiger partial charge on any atom is 0.409 e. The third kappa shape index (κ3) is 2.60. The number of carboxylic acid groups (broad SMARTS) is 1. The first-order valence-electron chi connectivity index (χ1n) is 3.25. The Morgan fingerprint density at radius 2 is 1.85 bits per heavy atom. The summed E-state index contributed by atoms with van der Waals surface area (Å²) in [5, 5.41) is 10.7. The van der Waals surface area contributed by atoms with Gasteiger partial charge in [0.25, 0.3) is 0 Å². The Morgan fingerprint density at radius 3 is 2.23 bits per heavy atom. The summed E-state index contributed by atoms with van der Waals surface area (Å²) in [5.74, 6) is 0. The van der Waals surface area contributed by atoms with E-state index in [-0.39, 0.29) is 0 Å². The third-order valence-electron chi connectivity index (χ3n) is 1.33. The molecular formula is C7H6Br2N2O2. The molecule has 0 aromatic heterocycles. The van der Waals surface area contributed by atoms with Gasteiger partial charge in [-0.3, -0.25) is 5.32 Å². The van der Waals surface area contributed by atoms with E-state index in [0.717, 1.165) is 0 Å². The molecule has 0 aliphatic carbocycles. The van der Waals surface area contributed by atoms with E-state index in [1.54, 1.807) is 12.1 Å². The Morgan fingerprint density at radius 1 is 1.38 bits per heavy atom. The Balaban J connectivity index is 3.06. The number of nitrogen functional groups attached to an aromatic ring is 1. The van der Waals surface area contributed by atoms with Gasteiger partial charge in [-0.2, -0.15) is 0 Å². The summed E-state index contributed by atoms with van der Waals surface area (Å²) in [5.41, 5.74) is 6.61. The van der Waals surface area contributed by atoms with E-state index in [1.165, 1.54) is 0 Å². The Labute approximate surface area is 91.4 Å². The molecule has 1 amide bonds. The van der Waals surface area contributed by atoms with Gasteiger partial charge in [0.2, 0.25) is 0 Å². The monoisotopic (exact) mass is 308 g/mol. The molecule has 0 heterocycles. The highest BCUT2D eigenvalue weighted by Crippen LogP contribution is 2.31. The smallest absolute Gasteiger partial charge is 0.409 e. The lowest BCUT2D eigenvalue weighted by Gasteiger charge is -2.05. The summed E-state index contributed by atoms with van der Waals surface area (Å²) in [4.78, 5) is 10.3. The van der Waals surface area contributed by atoms with Gasteiger partial charge < -0.3 is 10.8 Å². The quantitative estimate of drug-likeness (QED) is 0.698. The van der Waals surface area contributed by atoms with Gasteiger partial charge in [0.15, 0.2) is 0 Å². The molecule has 13 heavy (non-hydrogen) atoms. The molecule has 0 atom stereocenters. The minimum absolute atomic E-state index is 0.459. The van der Waals surface area contributed by atoms with Gasteiger partial charge >= 0.3 is 6.09 Å².